The number of hydrogen-bond donors (Lipinski definition) is 0. The first-order valence-electron chi connectivity index (χ1n) is 5.49. The molecule has 1 amide bonds. The molecular formula is C12H19NO. The average Bonchev–Trinajstić information content (AvgIpc) is 2.34. The van der Waals surface area contributed by atoms with Gasteiger partial charge in [0.25, 0.3) is 0 Å². The molecular weight excluding hydrogens is 174 g/mol. The van der Waals surface area contributed by atoms with E-state index >= 15 is 0 Å². The fourth-order valence-electron chi connectivity index (χ4n) is 2.07. The van der Waals surface area contributed by atoms with Gasteiger partial charge < -0.3 is 4.90 Å². The summed E-state index contributed by atoms with van der Waals surface area (Å²) in [7, 11) is 0. The number of likely N-dealkylation sites (tertiary alicyclic amines) is 1. The van der Waals surface area contributed by atoms with Crippen molar-refractivity contribution in [2.75, 3.05) is 13.1 Å². The van der Waals surface area contributed by atoms with Gasteiger partial charge in [0.2, 0.25) is 5.91 Å². The van der Waals surface area contributed by atoms with E-state index < -0.39 is 0 Å². The lowest BCUT2D eigenvalue weighted by Crippen LogP contribution is -2.30. The first-order valence-corrected chi connectivity index (χ1v) is 5.49. The van der Waals surface area contributed by atoms with Crippen LogP contribution in [0.3, 0.4) is 0 Å². The van der Waals surface area contributed by atoms with Crippen LogP contribution in [0.4, 0.5) is 0 Å². The Morgan fingerprint density at radius 1 is 1.57 bits per heavy atom. The molecule has 0 aromatic carbocycles. The normalized spacial score (nSPS) is 23.0. The van der Waals surface area contributed by atoms with Gasteiger partial charge in [-0.3, -0.25) is 4.79 Å². The predicted molar refractivity (Wildman–Crippen MR) is 57.7 cm³/mol. The molecule has 0 aromatic rings. The third-order valence-electron chi connectivity index (χ3n) is 2.91. The van der Waals surface area contributed by atoms with Crippen molar-refractivity contribution in [3.63, 3.8) is 0 Å². The molecule has 1 rings (SSSR count). The molecule has 0 aliphatic carbocycles. The summed E-state index contributed by atoms with van der Waals surface area (Å²) in [4.78, 5) is 13.4. The van der Waals surface area contributed by atoms with Crippen LogP contribution in [0.15, 0.2) is 0 Å². The number of hydrogen-bond acceptors (Lipinski definition) is 1. The van der Waals surface area contributed by atoms with E-state index in [0.29, 0.717) is 13.0 Å². The summed E-state index contributed by atoms with van der Waals surface area (Å²) in [6.07, 6.45) is 10.5. The Balaban J connectivity index is 2.45. The van der Waals surface area contributed by atoms with Crippen LogP contribution in [0.1, 0.15) is 39.0 Å². The first-order chi connectivity index (χ1) is 6.77. The molecule has 14 heavy (non-hydrogen) atoms. The summed E-state index contributed by atoms with van der Waals surface area (Å²) in [5.74, 6) is 3.51. The van der Waals surface area contributed by atoms with E-state index in [4.69, 9.17) is 6.42 Å². The van der Waals surface area contributed by atoms with Crippen molar-refractivity contribution in [3.8, 4) is 12.3 Å². The van der Waals surface area contributed by atoms with Gasteiger partial charge in [0.15, 0.2) is 0 Å². The highest BCUT2D eigenvalue weighted by Gasteiger charge is 2.20. The third kappa shape index (κ3) is 3.06. The van der Waals surface area contributed by atoms with Crippen molar-refractivity contribution in [3.05, 3.63) is 0 Å². The Bertz CT molecular complexity index is 229. The lowest BCUT2D eigenvalue weighted by Gasteiger charge is -2.17. The number of carbonyl (C=O) groups is 1. The molecule has 2 heteroatoms. The van der Waals surface area contributed by atoms with E-state index in [9.17, 15) is 4.79 Å². The van der Waals surface area contributed by atoms with Crippen molar-refractivity contribution in [1.29, 1.82) is 0 Å². The van der Waals surface area contributed by atoms with Crippen LogP contribution in [-0.4, -0.2) is 23.9 Å². The van der Waals surface area contributed by atoms with E-state index in [0.717, 1.165) is 25.3 Å². The van der Waals surface area contributed by atoms with Gasteiger partial charge in [0, 0.05) is 13.0 Å². The highest BCUT2D eigenvalue weighted by Crippen LogP contribution is 2.22. The average molecular weight is 193 g/mol. The highest BCUT2D eigenvalue weighted by atomic mass is 16.2. The molecule has 1 saturated heterocycles. The molecule has 0 aromatic heterocycles. The molecule has 1 atom stereocenters. The zero-order chi connectivity index (χ0) is 10.4. The van der Waals surface area contributed by atoms with E-state index in [2.05, 4.69) is 12.8 Å². The minimum absolute atomic E-state index is 0.238. The summed E-state index contributed by atoms with van der Waals surface area (Å²) in [6.45, 7) is 3.54. The lowest BCUT2D eigenvalue weighted by molar-refractivity contribution is -0.130. The highest BCUT2D eigenvalue weighted by molar-refractivity contribution is 5.76. The molecule has 0 saturated carbocycles. The van der Waals surface area contributed by atoms with Gasteiger partial charge in [-0.15, -0.1) is 6.42 Å². The Morgan fingerprint density at radius 3 is 3.00 bits per heavy atom. The van der Waals surface area contributed by atoms with Crippen molar-refractivity contribution >= 4 is 5.91 Å². The maximum absolute atomic E-state index is 11.6. The van der Waals surface area contributed by atoms with Crippen molar-refractivity contribution < 1.29 is 4.79 Å². The van der Waals surface area contributed by atoms with Crippen LogP contribution in [0.2, 0.25) is 0 Å². The Labute approximate surface area is 86.7 Å². The van der Waals surface area contributed by atoms with E-state index in [1.165, 1.54) is 12.8 Å². The number of amides is 1. The predicted octanol–water partition coefficient (Wildman–Crippen LogP) is 2.05. The van der Waals surface area contributed by atoms with Gasteiger partial charge in [-0.25, -0.2) is 0 Å². The van der Waals surface area contributed by atoms with Crippen LogP contribution in [0.25, 0.3) is 0 Å². The summed E-state index contributed by atoms with van der Waals surface area (Å²) >= 11 is 0. The van der Waals surface area contributed by atoms with E-state index in [1.54, 1.807) is 0 Å². The van der Waals surface area contributed by atoms with Crippen LogP contribution in [-0.2, 0) is 4.79 Å². The van der Waals surface area contributed by atoms with Gasteiger partial charge in [-0.1, -0.05) is 25.7 Å². The van der Waals surface area contributed by atoms with Crippen molar-refractivity contribution in [2.45, 2.75) is 39.0 Å². The third-order valence-corrected chi connectivity index (χ3v) is 2.91. The standard InChI is InChI=1S/C12H19NO/c1-3-5-11-6-7-12(14)13(9-4-2)10-8-11/h2,11H,3,5-10H2,1H3. The molecule has 2 nitrogen and oxygen atoms in total. The fraction of sp³-hybridized carbons (Fsp3) is 0.750. The quantitative estimate of drug-likeness (QED) is 0.628. The lowest BCUT2D eigenvalue weighted by atomic mass is 9.96. The minimum Gasteiger partial charge on any atom is -0.332 e. The van der Waals surface area contributed by atoms with Gasteiger partial charge in [0.1, 0.15) is 0 Å². The summed E-state index contributed by atoms with van der Waals surface area (Å²) < 4.78 is 0. The first kappa shape index (κ1) is 11.1. The van der Waals surface area contributed by atoms with Gasteiger partial charge >= 0.3 is 0 Å². The van der Waals surface area contributed by atoms with Crippen molar-refractivity contribution in [2.24, 2.45) is 5.92 Å². The summed E-state index contributed by atoms with van der Waals surface area (Å²) in [6, 6.07) is 0. The molecule has 1 aliphatic rings. The van der Waals surface area contributed by atoms with E-state index in [-0.39, 0.29) is 5.91 Å². The second-order valence-corrected chi connectivity index (χ2v) is 4.00. The molecule has 0 N–H and O–H groups in total. The molecule has 0 radical (unpaired) electrons. The van der Waals surface area contributed by atoms with E-state index in [1.807, 2.05) is 4.90 Å². The number of terminal acetylenes is 1. The van der Waals surface area contributed by atoms with Gasteiger partial charge in [-0.2, -0.15) is 0 Å². The SMILES string of the molecule is C#CCN1CCC(CCC)CCC1=O. The fourth-order valence-corrected chi connectivity index (χ4v) is 2.07. The number of rotatable bonds is 3. The second kappa shape index (κ2) is 5.70. The number of carbonyl (C=O) groups excluding carboxylic acids is 1. The Kier molecular flexibility index (Phi) is 4.52. The van der Waals surface area contributed by atoms with Crippen LogP contribution in [0, 0.1) is 18.3 Å². The Hall–Kier alpha value is -0.970. The molecule has 0 bridgehead atoms. The van der Waals surface area contributed by atoms with Crippen LogP contribution in [0.5, 0.6) is 0 Å². The monoisotopic (exact) mass is 193 g/mol. The van der Waals surface area contributed by atoms with Crippen LogP contribution < -0.4 is 0 Å². The largest absolute Gasteiger partial charge is 0.332 e. The smallest absolute Gasteiger partial charge is 0.223 e. The maximum atomic E-state index is 11.6. The molecule has 1 heterocycles. The molecule has 1 fully saturated rings. The molecule has 1 unspecified atom stereocenters. The summed E-state index contributed by atoms with van der Waals surface area (Å²) in [5.41, 5.74) is 0. The second-order valence-electron chi connectivity index (χ2n) is 4.00. The Morgan fingerprint density at radius 2 is 2.36 bits per heavy atom. The zero-order valence-electron chi connectivity index (χ0n) is 8.96. The zero-order valence-corrected chi connectivity index (χ0v) is 8.96. The topological polar surface area (TPSA) is 20.3 Å². The number of nitrogens with zero attached hydrogens (tertiary/aromatic N) is 1. The minimum atomic E-state index is 0.238. The maximum Gasteiger partial charge on any atom is 0.223 e. The molecule has 1 aliphatic heterocycles. The molecule has 78 valence electrons. The van der Waals surface area contributed by atoms with Gasteiger partial charge in [0.05, 0.1) is 6.54 Å². The van der Waals surface area contributed by atoms with Gasteiger partial charge in [-0.05, 0) is 18.8 Å². The van der Waals surface area contributed by atoms with Crippen molar-refractivity contribution in [1.82, 2.24) is 4.90 Å². The summed E-state index contributed by atoms with van der Waals surface area (Å²) in [5, 5.41) is 0. The van der Waals surface area contributed by atoms with Crippen LogP contribution >= 0.6 is 0 Å². The molecule has 0 spiro atoms.